The zero-order valence-corrected chi connectivity index (χ0v) is 21.1. The number of rotatable bonds is 5. The molecule has 0 radical (unpaired) electrons. The molecule has 0 amide bonds. The molecule has 0 spiro atoms. The Balaban J connectivity index is 1.55. The Morgan fingerprint density at radius 2 is 1.88 bits per heavy atom. The Hall–Kier alpha value is -3.15. The lowest BCUT2D eigenvalue weighted by atomic mass is 9.77. The summed E-state index contributed by atoms with van der Waals surface area (Å²) in [4.78, 5) is 10.8. The summed E-state index contributed by atoms with van der Waals surface area (Å²) >= 11 is 6.40. The first-order chi connectivity index (χ1) is 16.0. The monoisotopic (exact) mass is 495 g/mol. The Morgan fingerprint density at radius 3 is 2.53 bits per heavy atom. The van der Waals surface area contributed by atoms with E-state index in [2.05, 4.69) is 63.8 Å². The Morgan fingerprint density at radius 1 is 1.18 bits per heavy atom. The summed E-state index contributed by atoms with van der Waals surface area (Å²) in [6.45, 7) is 7.53. The number of nitrogens with zero attached hydrogens (tertiary/aromatic N) is 4. The molecule has 0 unspecified atom stereocenters. The quantitative estimate of drug-likeness (QED) is 0.556. The van der Waals surface area contributed by atoms with Crippen molar-refractivity contribution in [3.63, 3.8) is 0 Å². The SMILES string of the molecule is Cc1c(Cl)cc(C(C)(C)c2ccc(N3CCc4nc(NS(C)(=O)=O)ncc4C3)cc2)cc1C#N. The standard InChI is InChI=1S/C25H26ClN5O2S/c1-16-17(13-27)11-20(12-22(16)26)25(2,3)19-5-7-21(8-6-19)31-10-9-23-18(15-31)14-28-24(29-23)30-34(4,32)33/h5-8,11-12,14H,9-10,15H2,1-4H3,(H,28,29,30). The molecule has 1 aromatic heterocycles. The van der Waals surface area contributed by atoms with E-state index in [9.17, 15) is 13.7 Å². The molecule has 2 heterocycles. The molecule has 2 aromatic carbocycles. The lowest BCUT2D eigenvalue weighted by Crippen LogP contribution is -2.31. The largest absolute Gasteiger partial charge is 0.367 e. The number of benzene rings is 2. The lowest BCUT2D eigenvalue weighted by molar-refractivity contribution is 0.606. The highest BCUT2D eigenvalue weighted by Gasteiger charge is 2.26. The zero-order chi connectivity index (χ0) is 24.7. The molecule has 9 heteroatoms. The normalized spacial score (nSPS) is 13.8. The Labute approximate surface area is 205 Å². The van der Waals surface area contributed by atoms with Crippen LogP contribution in [0.25, 0.3) is 0 Å². The Bertz CT molecular complexity index is 1400. The molecule has 0 fully saturated rings. The molecular formula is C25H26ClN5O2S. The van der Waals surface area contributed by atoms with Crippen LogP contribution in [0.5, 0.6) is 0 Å². The summed E-state index contributed by atoms with van der Waals surface area (Å²) in [5.74, 6) is 0.108. The minimum atomic E-state index is -3.41. The molecule has 7 nitrogen and oxygen atoms in total. The van der Waals surface area contributed by atoms with Crippen molar-refractivity contribution in [1.29, 1.82) is 5.26 Å². The molecule has 4 rings (SSSR count). The minimum Gasteiger partial charge on any atom is -0.367 e. The predicted molar refractivity (Wildman–Crippen MR) is 135 cm³/mol. The van der Waals surface area contributed by atoms with Crippen LogP contribution >= 0.6 is 11.6 Å². The highest BCUT2D eigenvalue weighted by atomic mass is 35.5. The van der Waals surface area contributed by atoms with Gasteiger partial charge in [0.25, 0.3) is 0 Å². The van der Waals surface area contributed by atoms with Crippen molar-refractivity contribution in [1.82, 2.24) is 9.97 Å². The maximum absolute atomic E-state index is 11.4. The van der Waals surface area contributed by atoms with Gasteiger partial charge in [0.1, 0.15) is 0 Å². The van der Waals surface area contributed by atoms with E-state index in [1.165, 1.54) is 0 Å². The third-order valence-electron chi connectivity index (χ3n) is 6.35. The van der Waals surface area contributed by atoms with Gasteiger partial charge in [0.15, 0.2) is 0 Å². The average Bonchev–Trinajstić information content (AvgIpc) is 2.79. The van der Waals surface area contributed by atoms with Crippen LogP contribution in [0.2, 0.25) is 5.02 Å². The minimum absolute atomic E-state index is 0.108. The molecule has 0 atom stereocenters. The van der Waals surface area contributed by atoms with E-state index < -0.39 is 10.0 Å². The van der Waals surface area contributed by atoms with Gasteiger partial charge in [0, 0.05) is 47.4 Å². The third kappa shape index (κ3) is 4.86. The highest BCUT2D eigenvalue weighted by molar-refractivity contribution is 7.91. The van der Waals surface area contributed by atoms with Gasteiger partial charge in [0.2, 0.25) is 16.0 Å². The van der Waals surface area contributed by atoms with Gasteiger partial charge in [0.05, 0.1) is 23.6 Å². The number of hydrogen-bond donors (Lipinski definition) is 1. The molecule has 0 bridgehead atoms. The van der Waals surface area contributed by atoms with Crippen LogP contribution in [0, 0.1) is 18.3 Å². The summed E-state index contributed by atoms with van der Waals surface area (Å²) in [5, 5.41) is 10.1. The molecule has 3 aromatic rings. The van der Waals surface area contributed by atoms with Crippen LogP contribution in [0.1, 0.15) is 47.4 Å². The number of aromatic nitrogens is 2. The van der Waals surface area contributed by atoms with Crippen LogP contribution in [-0.2, 0) is 28.4 Å². The maximum atomic E-state index is 11.4. The first kappa shape index (κ1) is 24.0. The lowest BCUT2D eigenvalue weighted by Gasteiger charge is -2.31. The van der Waals surface area contributed by atoms with Gasteiger partial charge in [-0.2, -0.15) is 5.26 Å². The topological polar surface area (TPSA) is 99.0 Å². The number of anilines is 2. The molecular weight excluding hydrogens is 470 g/mol. The fourth-order valence-electron chi connectivity index (χ4n) is 4.16. The van der Waals surface area contributed by atoms with Gasteiger partial charge in [-0.3, -0.25) is 4.72 Å². The molecule has 1 aliphatic heterocycles. The third-order valence-corrected chi connectivity index (χ3v) is 7.30. The molecule has 0 saturated carbocycles. The van der Waals surface area contributed by atoms with Crippen LogP contribution in [0.4, 0.5) is 11.6 Å². The van der Waals surface area contributed by atoms with E-state index in [1.807, 2.05) is 19.1 Å². The van der Waals surface area contributed by atoms with E-state index in [1.54, 1.807) is 6.20 Å². The average molecular weight is 496 g/mol. The number of nitrogens with one attached hydrogen (secondary N) is 1. The van der Waals surface area contributed by atoms with Gasteiger partial charge in [-0.25, -0.2) is 18.4 Å². The second-order valence-corrected chi connectivity index (χ2v) is 11.3. The second-order valence-electron chi connectivity index (χ2n) is 9.13. The van der Waals surface area contributed by atoms with Crippen LogP contribution in [-0.4, -0.2) is 31.2 Å². The van der Waals surface area contributed by atoms with Gasteiger partial charge in [-0.15, -0.1) is 0 Å². The molecule has 0 aliphatic carbocycles. The van der Waals surface area contributed by atoms with E-state index in [-0.39, 0.29) is 11.4 Å². The van der Waals surface area contributed by atoms with Gasteiger partial charge < -0.3 is 4.90 Å². The number of nitriles is 1. The summed E-state index contributed by atoms with van der Waals surface area (Å²) < 4.78 is 25.2. The first-order valence-electron chi connectivity index (χ1n) is 10.9. The van der Waals surface area contributed by atoms with Crippen molar-refractivity contribution in [3.05, 3.63) is 81.1 Å². The van der Waals surface area contributed by atoms with E-state index in [0.717, 1.165) is 46.4 Å². The summed E-state index contributed by atoms with van der Waals surface area (Å²) in [5.41, 5.74) is 6.11. The molecule has 1 N–H and O–H groups in total. The summed E-state index contributed by atoms with van der Waals surface area (Å²) in [6, 6.07) is 14.5. The second kappa shape index (κ2) is 8.90. The maximum Gasteiger partial charge on any atom is 0.236 e. The predicted octanol–water partition coefficient (Wildman–Crippen LogP) is 4.57. The number of hydrogen-bond acceptors (Lipinski definition) is 6. The van der Waals surface area contributed by atoms with E-state index in [4.69, 9.17) is 11.6 Å². The van der Waals surface area contributed by atoms with E-state index in [0.29, 0.717) is 23.6 Å². The van der Waals surface area contributed by atoms with Gasteiger partial charge in [-0.05, 0) is 47.9 Å². The van der Waals surface area contributed by atoms with Crippen LogP contribution < -0.4 is 9.62 Å². The van der Waals surface area contributed by atoms with E-state index >= 15 is 0 Å². The molecule has 1 aliphatic rings. The number of fused-ring (bicyclic) bond motifs is 1. The van der Waals surface area contributed by atoms with Crippen molar-refractivity contribution >= 4 is 33.3 Å². The smallest absolute Gasteiger partial charge is 0.236 e. The van der Waals surface area contributed by atoms with Crippen molar-refractivity contribution in [2.24, 2.45) is 0 Å². The number of sulfonamides is 1. The van der Waals surface area contributed by atoms with Crippen LogP contribution in [0.15, 0.2) is 42.6 Å². The highest BCUT2D eigenvalue weighted by Crippen LogP contribution is 2.36. The van der Waals surface area contributed by atoms with Crippen molar-refractivity contribution in [3.8, 4) is 6.07 Å². The molecule has 0 saturated heterocycles. The molecule has 176 valence electrons. The zero-order valence-electron chi connectivity index (χ0n) is 19.6. The fourth-order valence-corrected chi connectivity index (χ4v) is 4.81. The van der Waals surface area contributed by atoms with Gasteiger partial charge >= 0.3 is 0 Å². The summed E-state index contributed by atoms with van der Waals surface area (Å²) in [7, 11) is -3.41. The van der Waals surface area contributed by atoms with Crippen LogP contribution in [0.3, 0.4) is 0 Å². The Kier molecular flexibility index (Phi) is 6.28. The number of halogens is 1. The van der Waals surface area contributed by atoms with Gasteiger partial charge in [-0.1, -0.05) is 37.6 Å². The fraction of sp³-hybridized carbons (Fsp3) is 0.320. The van der Waals surface area contributed by atoms with Crippen molar-refractivity contribution < 1.29 is 8.42 Å². The summed E-state index contributed by atoms with van der Waals surface area (Å²) in [6.07, 6.45) is 3.47. The van der Waals surface area contributed by atoms with Crippen molar-refractivity contribution in [2.75, 3.05) is 22.4 Å². The van der Waals surface area contributed by atoms with Crippen molar-refractivity contribution in [2.45, 2.75) is 39.2 Å². The molecule has 34 heavy (non-hydrogen) atoms. The first-order valence-corrected chi connectivity index (χ1v) is 13.1.